The van der Waals surface area contributed by atoms with Crippen LogP contribution in [0.3, 0.4) is 0 Å². The van der Waals surface area contributed by atoms with Gasteiger partial charge in [0.15, 0.2) is 0 Å². The van der Waals surface area contributed by atoms with Crippen LogP contribution in [0.15, 0.2) is 18.2 Å². The molecule has 1 saturated heterocycles. The summed E-state index contributed by atoms with van der Waals surface area (Å²) in [5, 5.41) is 3.59. The average Bonchev–Trinajstić information content (AvgIpc) is 3.12. The topological polar surface area (TPSA) is 15.3 Å². The molecule has 1 aliphatic heterocycles. The highest BCUT2D eigenvalue weighted by Crippen LogP contribution is 2.31. The predicted octanol–water partition coefficient (Wildman–Crippen LogP) is 3.48. The maximum atomic E-state index is 3.59. The number of hydrogen-bond donors (Lipinski definition) is 1. The van der Waals surface area contributed by atoms with E-state index in [0.29, 0.717) is 6.04 Å². The number of aryl methyl sites for hydroxylation is 1. The van der Waals surface area contributed by atoms with Crippen molar-refractivity contribution in [3.8, 4) is 0 Å². The van der Waals surface area contributed by atoms with Gasteiger partial charge in [0.05, 0.1) is 0 Å². The van der Waals surface area contributed by atoms with Gasteiger partial charge in [0.1, 0.15) is 0 Å². The second-order valence-electron chi connectivity index (χ2n) is 6.62. The molecule has 0 amide bonds. The Morgan fingerprint density at radius 1 is 1.26 bits per heavy atom. The highest BCUT2D eigenvalue weighted by molar-refractivity contribution is 5.56. The summed E-state index contributed by atoms with van der Waals surface area (Å²) in [5.74, 6) is 0.825. The van der Waals surface area contributed by atoms with Gasteiger partial charge < -0.3 is 10.2 Å². The van der Waals surface area contributed by atoms with Crippen molar-refractivity contribution in [3.63, 3.8) is 0 Å². The lowest BCUT2D eigenvalue weighted by Gasteiger charge is -2.26. The predicted molar refractivity (Wildman–Crippen MR) is 81.6 cm³/mol. The van der Waals surface area contributed by atoms with Gasteiger partial charge in [0.2, 0.25) is 0 Å². The molecule has 0 spiro atoms. The minimum atomic E-state index is 0.684. The summed E-state index contributed by atoms with van der Waals surface area (Å²) >= 11 is 0. The van der Waals surface area contributed by atoms with Gasteiger partial charge in [0.25, 0.3) is 0 Å². The van der Waals surface area contributed by atoms with Gasteiger partial charge in [0, 0.05) is 30.9 Å². The Morgan fingerprint density at radius 2 is 2.05 bits per heavy atom. The Kier molecular flexibility index (Phi) is 3.53. The first-order valence-electron chi connectivity index (χ1n) is 7.73. The number of nitrogens with zero attached hydrogens (tertiary/aromatic N) is 1. The number of rotatable bonds is 4. The molecule has 3 rings (SSSR count). The number of anilines is 1. The van der Waals surface area contributed by atoms with E-state index in [1.54, 1.807) is 0 Å². The monoisotopic (exact) mass is 258 g/mol. The first kappa shape index (κ1) is 13.0. The van der Waals surface area contributed by atoms with Gasteiger partial charge in [-0.05, 0) is 56.2 Å². The second kappa shape index (κ2) is 5.16. The van der Waals surface area contributed by atoms with Crippen molar-refractivity contribution in [1.82, 2.24) is 5.32 Å². The lowest BCUT2D eigenvalue weighted by molar-refractivity contribution is 0.625. The van der Waals surface area contributed by atoms with Gasteiger partial charge in [-0.15, -0.1) is 0 Å². The standard InChI is InChI=1S/C17H26N2/c1-12-8-14(3)19(11-12)17-7-4-15(9-13(17)2)10-18-16-5-6-16/h4,7,9,12,14,16,18H,5-6,8,10-11H2,1-3H3. The summed E-state index contributed by atoms with van der Waals surface area (Å²) in [6.45, 7) is 9.20. The summed E-state index contributed by atoms with van der Waals surface area (Å²) in [7, 11) is 0. The zero-order valence-electron chi connectivity index (χ0n) is 12.4. The van der Waals surface area contributed by atoms with Crippen molar-refractivity contribution >= 4 is 5.69 Å². The van der Waals surface area contributed by atoms with Gasteiger partial charge >= 0.3 is 0 Å². The fourth-order valence-electron chi connectivity index (χ4n) is 3.34. The molecule has 1 heterocycles. The van der Waals surface area contributed by atoms with Gasteiger partial charge in [-0.1, -0.05) is 19.1 Å². The SMILES string of the molecule is Cc1cc(CNC2CC2)ccc1N1CC(C)CC1C. The molecule has 0 bridgehead atoms. The molecule has 1 saturated carbocycles. The van der Waals surface area contributed by atoms with Crippen LogP contribution >= 0.6 is 0 Å². The summed E-state index contributed by atoms with van der Waals surface area (Å²) in [6, 6.07) is 8.46. The van der Waals surface area contributed by atoms with Crippen LogP contribution in [0.1, 0.15) is 44.2 Å². The van der Waals surface area contributed by atoms with Crippen LogP contribution in [0, 0.1) is 12.8 Å². The van der Waals surface area contributed by atoms with Crippen molar-refractivity contribution in [3.05, 3.63) is 29.3 Å². The Labute approximate surface area is 117 Å². The van der Waals surface area contributed by atoms with E-state index in [1.165, 1.54) is 42.6 Å². The smallest absolute Gasteiger partial charge is 0.0398 e. The minimum absolute atomic E-state index is 0.684. The lowest BCUT2D eigenvalue weighted by atomic mass is 10.1. The third kappa shape index (κ3) is 2.94. The molecule has 1 aromatic carbocycles. The van der Waals surface area contributed by atoms with Crippen LogP contribution < -0.4 is 10.2 Å². The highest BCUT2D eigenvalue weighted by atomic mass is 15.2. The van der Waals surface area contributed by atoms with E-state index in [-0.39, 0.29) is 0 Å². The zero-order chi connectivity index (χ0) is 13.4. The summed E-state index contributed by atoms with van der Waals surface area (Å²) in [5.41, 5.74) is 4.29. The Hall–Kier alpha value is -1.02. The number of hydrogen-bond acceptors (Lipinski definition) is 2. The second-order valence-corrected chi connectivity index (χ2v) is 6.62. The molecule has 0 radical (unpaired) electrons. The molecular formula is C17H26N2. The quantitative estimate of drug-likeness (QED) is 0.889. The normalized spacial score (nSPS) is 27.0. The summed E-state index contributed by atoms with van der Waals surface area (Å²) in [4.78, 5) is 2.58. The molecule has 1 N–H and O–H groups in total. The van der Waals surface area contributed by atoms with E-state index >= 15 is 0 Å². The van der Waals surface area contributed by atoms with Crippen molar-refractivity contribution in [2.24, 2.45) is 5.92 Å². The largest absolute Gasteiger partial charge is 0.368 e. The van der Waals surface area contributed by atoms with E-state index in [2.05, 4.69) is 49.2 Å². The molecule has 2 aliphatic rings. The summed E-state index contributed by atoms with van der Waals surface area (Å²) in [6.07, 6.45) is 4.05. The molecule has 2 fully saturated rings. The lowest BCUT2D eigenvalue weighted by Crippen LogP contribution is -2.27. The van der Waals surface area contributed by atoms with E-state index in [1.807, 2.05) is 0 Å². The molecule has 2 heteroatoms. The summed E-state index contributed by atoms with van der Waals surface area (Å²) < 4.78 is 0. The zero-order valence-corrected chi connectivity index (χ0v) is 12.4. The molecule has 2 unspecified atom stereocenters. The van der Waals surface area contributed by atoms with Gasteiger partial charge in [-0.3, -0.25) is 0 Å². The van der Waals surface area contributed by atoms with Crippen LogP contribution in [-0.4, -0.2) is 18.6 Å². The van der Waals surface area contributed by atoms with Crippen molar-refractivity contribution in [2.45, 2.75) is 58.7 Å². The fourth-order valence-corrected chi connectivity index (χ4v) is 3.34. The third-order valence-corrected chi connectivity index (χ3v) is 4.53. The van der Waals surface area contributed by atoms with E-state index in [4.69, 9.17) is 0 Å². The Morgan fingerprint density at radius 3 is 2.63 bits per heavy atom. The fraction of sp³-hybridized carbons (Fsp3) is 0.647. The van der Waals surface area contributed by atoms with E-state index in [9.17, 15) is 0 Å². The molecule has 1 aromatic rings. The molecule has 19 heavy (non-hydrogen) atoms. The molecule has 1 aliphatic carbocycles. The van der Waals surface area contributed by atoms with Crippen LogP contribution in [0.2, 0.25) is 0 Å². The minimum Gasteiger partial charge on any atom is -0.368 e. The van der Waals surface area contributed by atoms with Gasteiger partial charge in [-0.2, -0.15) is 0 Å². The van der Waals surface area contributed by atoms with Crippen molar-refractivity contribution in [1.29, 1.82) is 0 Å². The van der Waals surface area contributed by atoms with Crippen LogP contribution in [0.5, 0.6) is 0 Å². The van der Waals surface area contributed by atoms with Gasteiger partial charge in [-0.25, -0.2) is 0 Å². The van der Waals surface area contributed by atoms with Crippen molar-refractivity contribution in [2.75, 3.05) is 11.4 Å². The first-order valence-corrected chi connectivity index (χ1v) is 7.73. The number of benzene rings is 1. The third-order valence-electron chi connectivity index (χ3n) is 4.53. The van der Waals surface area contributed by atoms with Crippen LogP contribution in [-0.2, 0) is 6.54 Å². The Bertz CT molecular complexity index is 451. The average molecular weight is 258 g/mol. The van der Waals surface area contributed by atoms with Crippen molar-refractivity contribution < 1.29 is 0 Å². The Balaban J connectivity index is 1.71. The highest BCUT2D eigenvalue weighted by Gasteiger charge is 2.27. The molecule has 2 nitrogen and oxygen atoms in total. The maximum absolute atomic E-state index is 3.59. The molecule has 2 atom stereocenters. The number of nitrogens with one attached hydrogen (secondary N) is 1. The maximum Gasteiger partial charge on any atom is 0.0398 e. The molecular weight excluding hydrogens is 232 g/mol. The van der Waals surface area contributed by atoms with E-state index < -0.39 is 0 Å². The van der Waals surface area contributed by atoms with Crippen LogP contribution in [0.25, 0.3) is 0 Å². The molecule has 0 aromatic heterocycles. The molecule has 104 valence electrons. The van der Waals surface area contributed by atoms with Crippen LogP contribution in [0.4, 0.5) is 5.69 Å². The first-order chi connectivity index (χ1) is 9.13. The van der Waals surface area contributed by atoms with E-state index in [0.717, 1.165) is 18.5 Å².